The molecule has 1 amide bonds. The van der Waals surface area contributed by atoms with Crippen molar-refractivity contribution in [1.29, 1.82) is 0 Å². The first-order valence-electron chi connectivity index (χ1n) is 5.33. The van der Waals surface area contributed by atoms with Gasteiger partial charge in [-0.25, -0.2) is 0 Å². The number of carbonyl (C=O) groups excluding carboxylic acids is 1. The van der Waals surface area contributed by atoms with Crippen molar-refractivity contribution in [3.63, 3.8) is 0 Å². The van der Waals surface area contributed by atoms with Gasteiger partial charge in [0.05, 0.1) is 6.10 Å². The minimum atomic E-state index is 0.0401. The van der Waals surface area contributed by atoms with Crippen LogP contribution in [-0.2, 0) is 9.53 Å². The number of hydrogen-bond donors (Lipinski definition) is 1. The number of hydrogen-bond acceptors (Lipinski definition) is 3. The molecule has 2 fully saturated rings. The van der Waals surface area contributed by atoms with Crippen molar-refractivity contribution in [1.82, 2.24) is 4.90 Å². The Morgan fingerprint density at radius 3 is 2.86 bits per heavy atom. The molecule has 0 radical (unpaired) electrons. The van der Waals surface area contributed by atoms with Crippen molar-refractivity contribution >= 4 is 5.91 Å². The van der Waals surface area contributed by atoms with E-state index >= 15 is 0 Å². The molecule has 80 valence electrons. The Morgan fingerprint density at radius 2 is 2.29 bits per heavy atom. The highest BCUT2D eigenvalue weighted by Crippen LogP contribution is 2.27. The lowest BCUT2D eigenvalue weighted by Gasteiger charge is -2.42. The maximum atomic E-state index is 11.5. The van der Waals surface area contributed by atoms with Gasteiger partial charge in [-0.15, -0.1) is 0 Å². The van der Waals surface area contributed by atoms with Crippen molar-refractivity contribution in [3.8, 4) is 0 Å². The molecule has 4 heteroatoms. The van der Waals surface area contributed by atoms with Crippen LogP contribution in [0.5, 0.6) is 0 Å². The zero-order chi connectivity index (χ0) is 9.97. The maximum Gasteiger partial charge on any atom is 0.248 e. The Morgan fingerprint density at radius 1 is 1.50 bits per heavy atom. The van der Waals surface area contributed by atoms with E-state index < -0.39 is 0 Å². The van der Waals surface area contributed by atoms with Crippen LogP contribution >= 0.6 is 0 Å². The molecule has 1 unspecified atom stereocenters. The van der Waals surface area contributed by atoms with Gasteiger partial charge in [-0.3, -0.25) is 4.79 Å². The van der Waals surface area contributed by atoms with E-state index in [2.05, 4.69) is 0 Å². The van der Waals surface area contributed by atoms with Crippen LogP contribution in [0.15, 0.2) is 0 Å². The number of aliphatic hydroxyl groups is 1. The minimum Gasteiger partial charge on any atom is -0.396 e. The fourth-order valence-electron chi connectivity index (χ4n) is 2.02. The van der Waals surface area contributed by atoms with E-state index in [0.717, 1.165) is 12.8 Å². The van der Waals surface area contributed by atoms with Gasteiger partial charge in [-0.05, 0) is 25.7 Å². The summed E-state index contributed by atoms with van der Waals surface area (Å²) in [6.07, 6.45) is 4.18. The lowest BCUT2D eigenvalue weighted by atomic mass is 9.90. The topological polar surface area (TPSA) is 49.8 Å². The first-order chi connectivity index (χ1) is 6.81. The van der Waals surface area contributed by atoms with Gasteiger partial charge >= 0.3 is 0 Å². The molecule has 0 aromatic carbocycles. The highest BCUT2D eigenvalue weighted by molar-refractivity contribution is 5.78. The van der Waals surface area contributed by atoms with Crippen molar-refractivity contribution in [3.05, 3.63) is 0 Å². The molecule has 4 nitrogen and oxygen atoms in total. The molecule has 1 saturated heterocycles. The standard InChI is InChI=1S/C10H17NO3/c12-5-4-9-6-11(8-2-1-3-8)10(13)7-14-9/h8-9,12H,1-7H2. The number of rotatable bonds is 3. The van der Waals surface area contributed by atoms with Crippen molar-refractivity contribution in [2.24, 2.45) is 0 Å². The van der Waals surface area contributed by atoms with Crippen LogP contribution in [-0.4, -0.2) is 47.8 Å². The lowest BCUT2D eigenvalue weighted by molar-refractivity contribution is -0.155. The van der Waals surface area contributed by atoms with E-state index in [1.807, 2.05) is 4.90 Å². The number of aliphatic hydroxyl groups excluding tert-OH is 1. The van der Waals surface area contributed by atoms with E-state index in [0.29, 0.717) is 19.0 Å². The van der Waals surface area contributed by atoms with Crippen molar-refractivity contribution in [2.75, 3.05) is 19.8 Å². The van der Waals surface area contributed by atoms with Crippen molar-refractivity contribution < 1.29 is 14.6 Å². The summed E-state index contributed by atoms with van der Waals surface area (Å²) in [5.74, 6) is 0.115. The largest absolute Gasteiger partial charge is 0.396 e. The summed E-state index contributed by atoms with van der Waals surface area (Å²) < 4.78 is 5.33. The first-order valence-corrected chi connectivity index (χ1v) is 5.33. The maximum absolute atomic E-state index is 11.5. The van der Waals surface area contributed by atoms with E-state index in [9.17, 15) is 4.79 Å². The zero-order valence-corrected chi connectivity index (χ0v) is 8.32. The monoisotopic (exact) mass is 199 g/mol. The van der Waals surface area contributed by atoms with Crippen LogP contribution in [0.4, 0.5) is 0 Å². The summed E-state index contributed by atoms with van der Waals surface area (Å²) >= 11 is 0. The van der Waals surface area contributed by atoms with Crippen LogP contribution in [0.2, 0.25) is 0 Å². The minimum absolute atomic E-state index is 0.0401. The third-order valence-electron chi connectivity index (χ3n) is 3.13. The molecule has 1 aliphatic heterocycles. The van der Waals surface area contributed by atoms with Gasteiger partial charge in [-0.2, -0.15) is 0 Å². The molecular weight excluding hydrogens is 182 g/mol. The molecular formula is C10H17NO3. The summed E-state index contributed by atoms with van der Waals surface area (Å²) in [5, 5.41) is 8.80. The summed E-state index contributed by atoms with van der Waals surface area (Å²) in [5.41, 5.74) is 0. The third-order valence-corrected chi connectivity index (χ3v) is 3.13. The van der Waals surface area contributed by atoms with Crippen LogP contribution in [0, 0.1) is 0 Å². The Kier molecular flexibility index (Phi) is 3.03. The number of carbonyl (C=O) groups is 1. The van der Waals surface area contributed by atoms with Gasteiger partial charge in [0, 0.05) is 19.2 Å². The molecule has 1 atom stereocenters. The number of morpholine rings is 1. The molecule has 1 heterocycles. The molecule has 14 heavy (non-hydrogen) atoms. The van der Waals surface area contributed by atoms with Gasteiger partial charge in [-0.1, -0.05) is 0 Å². The summed E-state index contributed by atoms with van der Waals surface area (Å²) in [6.45, 7) is 1.00. The fourth-order valence-corrected chi connectivity index (χ4v) is 2.02. The Balaban J connectivity index is 1.89. The third kappa shape index (κ3) is 1.91. The van der Waals surface area contributed by atoms with Crippen LogP contribution in [0.3, 0.4) is 0 Å². The van der Waals surface area contributed by atoms with Gasteiger partial charge < -0.3 is 14.7 Å². The highest BCUT2D eigenvalue weighted by atomic mass is 16.5. The molecule has 1 N–H and O–H groups in total. The molecule has 0 aromatic heterocycles. The van der Waals surface area contributed by atoms with Crippen LogP contribution < -0.4 is 0 Å². The second-order valence-corrected chi connectivity index (χ2v) is 4.08. The molecule has 1 saturated carbocycles. The Bertz CT molecular complexity index is 215. The highest BCUT2D eigenvalue weighted by Gasteiger charge is 2.33. The average molecular weight is 199 g/mol. The second-order valence-electron chi connectivity index (χ2n) is 4.08. The predicted molar refractivity (Wildman–Crippen MR) is 50.8 cm³/mol. The molecule has 1 aliphatic carbocycles. The van der Waals surface area contributed by atoms with Gasteiger partial charge in [0.1, 0.15) is 6.61 Å². The fraction of sp³-hybridized carbons (Fsp3) is 0.900. The van der Waals surface area contributed by atoms with Crippen LogP contribution in [0.1, 0.15) is 25.7 Å². The number of ether oxygens (including phenoxy) is 1. The van der Waals surface area contributed by atoms with Crippen molar-refractivity contribution in [2.45, 2.75) is 37.8 Å². The van der Waals surface area contributed by atoms with Gasteiger partial charge in [0.25, 0.3) is 0 Å². The zero-order valence-electron chi connectivity index (χ0n) is 8.32. The predicted octanol–water partition coefficient (Wildman–Crippen LogP) is 0.149. The second kappa shape index (κ2) is 4.28. The SMILES string of the molecule is O=C1COC(CCO)CN1C1CCC1. The van der Waals surface area contributed by atoms with E-state index in [-0.39, 0.29) is 25.2 Å². The lowest BCUT2D eigenvalue weighted by Crippen LogP contribution is -2.53. The number of amides is 1. The number of nitrogens with zero attached hydrogens (tertiary/aromatic N) is 1. The first kappa shape index (κ1) is 9.93. The molecule has 0 spiro atoms. The van der Waals surface area contributed by atoms with E-state index in [1.54, 1.807) is 0 Å². The van der Waals surface area contributed by atoms with Gasteiger partial charge in [0.15, 0.2) is 0 Å². The summed E-state index contributed by atoms with van der Waals surface area (Å²) in [4.78, 5) is 13.5. The van der Waals surface area contributed by atoms with E-state index in [4.69, 9.17) is 9.84 Å². The summed E-state index contributed by atoms with van der Waals surface area (Å²) in [7, 11) is 0. The summed E-state index contributed by atoms with van der Waals surface area (Å²) in [6, 6.07) is 0.451. The molecule has 0 aromatic rings. The van der Waals surface area contributed by atoms with E-state index in [1.165, 1.54) is 6.42 Å². The average Bonchev–Trinajstić information content (AvgIpc) is 2.08. The Labute approximate surface area is 83.8 Å². The van der Waals surface area contributed by atoms with Gasteiger partial charge in [0.2, 0.25) is 5.91 Å². The quantitative estimate of drug-likeness (QED) is 0.704. The molecule has 2 aliphatic rings. The normalized spacial score (nSPS) is 29.1. The molecule has 0 bridgehead atoms. The smallest absolute Gasteiger partial charge is 0.248 e. The molecule has 2 rings (SSSR count). The van der Waals surface area contributed by atoms with Crippen LogP contribution in [0.25, 0.3) is 0 Å². The Hall–Kier alpha value is -0.610.